The smallest absolute Gasteiger partial charge is 0.155 e. The number of aliphatic hydroxyl groups is 1. The van der Waals surface area contributed by atoms with Crippen molar-refractivity contribution in [3.05, 3.63) is 0 Å². The van der Waals surface area contributed by atoms with Crippen LogP contribution in [-0.4, -0.2) is 57.4 Å². The van der Waals surface area contributed by atoms with E-state index in [1.807, 2.05) is 0 Å². The molecule has 0 spiro atoms. The number of sulfone groups is 1. The van der Waals surface area contributed by atoms with E-state index >= 15 is 0 Å². The Balaban J connectivity index is 2.30. The van der Waals surface area contributed by atoms with E-state index in [-0.39, 0.29) is 11.0 Å². The predicted octanol–water partition coefficient (Wildman–Crippen LogP) is 0.331. The van der Waals surface area contributed by atoms with Gasteiger partial charge in [-0.2, -0.15) is 0 Å². The van der Waals surface area contributed by atoms with Gasteiger partial charge in [0.15, 0.2) is 9.84 Å². The van der Waals surface area contributed by atoms with E-state index in [0.29, 0.717) is 19.7 Å². The van der Waals surface area contributed by atoms with E-state index in [0.717, 1.165) is 32.1 Å². The van der Waals surface area contributed by atoms with E-state index in [1.165, 1.54) is 0 Å². The summed E-state index contributed by atoms with van der Waals surface area (Å²) < 4.78 is 29.0. The van der Waals surface area contributed by atoms with E-state index in [2.05, 4.69) is 5.32 Å². The molecule has 18 heavy (non-hydrogen) atoms. The van der Waals surface area contributed by atoms with Crippen molar-refractivity contribution >= 4 is 9.84 Å². The number of aliphatic hydroxyl groups excluding tert-OH is 1. The molecule has 0 amide bonds. The van der Waals surface area contributed by atoms with Crippen molar-refractivity contribution in [2.24, 2.45) is 0 Å². The lowest BCUT2D eigenvalue weighted by Crippen LogP contribution is -2.37. The van der Waals surface area contributed by atoms with Crippen molar-refractivity contribution in [2.75, 3.05) is 32.6 Å². The van der Waals surface area contributed by atoms with Crippen LogP contribution in [0.3, 0.4) is 0 Å². The highest BCUT2D eigenvalue weighted by Gasteiger charge is 2.29. The number of hydrogen-bond donors (Lipinski definition) is 2. The second-order valence-electron chi connectivity index (χ2n) is 4.94. The maximum absolute atomic E-state index is 12.1. The molecule has 0 radical (unpaired) electrons. The summed E-state index contributed by atoms with van der Waals surface area (Å²) in [6.07, 6.45) is 3.80. The minimum absolute atomic E-state index is 0.127. The average Bonchev–Trinajstić information content (AvgIpc) is 2.35. The van der Waals surface area contributed by atoms with Crippen LogP contribution >= 0.6 is 0 Å². The summed E-state index contributed by atoms with van der Waals surface area (Å²) in [5, 5.41) is 12.5. The molecule has 1 unspecified atom stereocenters. The third-order valence-electron chi connectivity index (χ3n) is 3.35. The molecule has 1 rings (SSSR count). The zero-order valence-electron chi connectivity index (χ0n) is 11.1. The summed E-state index contributed by atoms with van der Waals surface area (Å²) >= 11 is 0. The molecule has 5 nitrogen and oxygen atoms in total. The molecule has 1 atom stereocenters. The SMILES string of the molecule is COCCNCC(O)CS(=O)(=O)C1CCCCC1. The highest BCUT2D eigenvalue weighted by molar-refractivity contribution is 7.92. The van der Waals surface area contributed by atoms with Crippen molar-refractivity contribution in [1.82, 2.24) is 5.32 Å². The number of ether oxygens (including phenoxy) is 1. The second-order valence-corrected chi connectivity index (χ2v) is 7.27. The minimum Gasteiger partial charge on any atom is -0.391 e. The van der Waals surface area contributed by atoms with E-state index in [9.17, 15) is 13.5 Å². The summed E-state index contributed by atoms with van der Waals surface area (Å²) in [4.78, 5) is 0. The Morgan fingerprint density at radius 3 is 2.61 bits per heavy atom. The second kappa shape index (κ2) is 8.09. The van der Waals surface area contributed by atoms with Crippen LogP contribution < -0.4 is 5.32 Å². The van der Waals surface area contributed by atoms with Crippen molar-refractivity contribution in [3.63, 3.8) is 0 Å². The molecule has 0 aromatic carbocycles. The topological polar surface area (TPSA) is 75.6 Å². The van der Waals surface area contributed by atoms with Gasteiger partial charge in [0.2, 0.25) is 0 Å². The number of nitrogens with one attached hydrogen (secondary N) is 1. The van der Waals surface area contributed by atoms with Crippen LogP contribution in [0.5, 0.6) is 0 Å². The normalized spacial score (nSPS) is 19.9. The summed E-state index contributed by atoms with van der Waals surface area (Å²) in [5.74, 6) is -0.127. The Kier molecular flexibility index (Phi) is 7.14. The third-order valence-corrected chi connectivity index (χ3v) is 5.68. The van der Waals surface area contributed by atoms with Gasteiger partial charge in [0.1, 0.15) is 0 Å². The largest absolute Gasteiger partial charge is 0.391 e. The molecule has 108 valence electrons. The predicted molar refractivity (Wildman–Crippen MR) is 71.4 cm³/mol. The van der Waals surface area contributed by atoms with Crippen LogP contribution in [0.2, 0.25) is 0 Å². The van der Waals surface area contributed by atoms with Gasteiger partial charge in [-0.05, 0) is 12.8 Å². The average molecular weight is 279 g/mol. The van der Waals surface area contributed by atoms with Crippen LogP contribution in [0.15, 0.2) is 0 Å². The van der Waals surface area contributed by atoms with Gasteiger partial charge in [0, 0.05) is 20.2 Å². The standard InChI is InChI=1S/C12H25NO4S/c1-17-8-7-13-9-11(14)10-18(15,16)12-5-3-2-4-6-12/h11-14H,2-10H2,1H3. The first-order valence-electron chi connectivity index (χ1n) is 6.65. The monoisotopic (exact) mass is 279 g/mol. The van der Waals surface area contributed by atoms with Crippen LogP contribution in [-0.2, 0) is 14.6 Å². The highest BCUT2D eigenvalue weighted by atomic mass is 32.2. The number of methoxy groups -OCH3 is 1. The quantitative estimate of drug-likeness (QED) is 0.626. The Bertz CT molecular complexity index is 312. The highest BCUT2D eigenvalue weighted by Crippen LogP contribution is 2.24. The Morgan fingerprint density at radius 2 is 2.00 bits per heavy atom. The van der Waals surface area contributed by atoms with Gasteiger partial charge in [-0.3, -0.25) is 0 Å². The molecule has 0 heterocycles. The fraction of sp³-hybridized carbons (Fsp3) is 1.00. The lowest BCUT2D eigenvalue weighted by Gasteiger charge is -2.23. The minimum atomic E-state index is -3.15. The molecule has 0 aromatic heterocycles. The van der Waals surface area contributed by atoms with Gasteiger partial charge in [0.25, 0.3) is 0 Å². The molecule has 1 fully saturated rings. The van der Waals surface area contributed by atoms with Crippen LogP contribution in [0.1, 0.15) is 32.1 Å². The number of rotatable bonds is 8. The van der Waals surface area contributed by atoms with Gasteiger partial charge in [0.05, 0.1) is 23.7 Å². The zero-order valence-corrected chi connectivity index (χ0v) is 11.9. The first-order valence-corrected chi connectivity index (χ1v) is 8.37. The fourth-order valence-corrected chi connectivity index (χ4v) is 4.31. The fourth-order valence-electron chi connectivity index (χ4n) is 2.33. The van der Waals surface area contributed by atoms with Gasteiger partial charge in [-0.15, -0.1) is 0 Å². The van der Waals surface area contributed by atoms with Crippen molar-refractivity contribution in [2.45, 2.75) is 43.5 Å². The first kappa shape index (κ1) is 15.9. The van der Waals surface area contributed by atoms with Crippen LogP contribution in [0, 0.1) is 0 Å². The summed E-state index contributed by atoms with van der Waals surface area (Å²) in [5.41, 5.74) is 0. The van der Waals surface area contributed by atoms with Crippen LogP contribution in [0.25, 0.3) is 0 Å². The Labute approximate surface area is 110 Å². The summed E-state index contributed by atoms with van der Waals surface area (Å²) in [6.45, 7) is 1.48. The molecule has 2 N–H and O–H groups in total. The molecule has 1 aliphatic carbocycles. The Morgan fingerprint density at radius 1 is 1.33 bits per heavy atom. The van der Waals surface area contributed by atoms with E-state index in [4.69, 9.17) is 4.74 Å². The van der Waals surface area contributed by atoms with Crippen LogP contribution in [0.4, 0.5) is 0 Å². The molecule has 0 aliphatic heterocycles. The number of hydrogen-bond acceptors (Lipinski definition) is 5. The molecule has 1 saturated carbocycles. The van der Waals surface area contributed by atoms with E-state index < -0.39 is 15.9 Å². The molecule has 1 aliphatic rings. The molecular weight excluding hydrogens is 254 g/mol. The molecule has 0 saturated heterocycles. The molecular formula is C12H25NO4S. The zero-order chi connectivity index (χ0) is 13.4. The van der Waals surface area contributed by atoms with Crippen molar-refractivity contribution in [3.8, 4) is 0 Å². The van der Waals surface area contributed by atoms with Gasteiger partial charge < -0.3 is 15.2 Å². The first-order chi connectivity index (χ1) is 8.56. The third kappa shape index (κ3) is 5.65. The lowest BCUT2D eigenvalue weighted by atomic mass is 10.0. The maximum atomic E-state index is 12.1. The van der Waals surface area contributed by atoms with Crippen molar-refractivity contribution < 1.29 is 18.3 Å². The van der Waals surface area contributed by atoms with Crippen molar-refractivity contribution in [1.29, 1.82) is 0 Å². The van der Waals surface area contributed by atoms with Gasteiger partial charge in [-0.25, -0.2) is 8.42 Å². The molecule has 0 bridgehead atoms. The summed E-state index contributed by atoms with van der Waals surface area (Å²) in [6, 6.07) is 0. The van der Waals surface area contributed by atoms with E-state index in [1.54, 1.807) is 7.11 Å². The van der Waals surface area contributed by atoms with Gasteiger partial charge in [-0.1, -0.05) is 19.3 Å². The molecule has 6 heteroatoms. The Hall–Kier alpha value is -0.170. The maximum Gasteiger partial charge on any atom is 0.155 e. The summed E-state index contributed by atoms with van der Waals surface area (Å²) in [7, 11) is -1.54. The van der Waals surface area contributed by atoms with Gasteiger partial charge >= 0.3 is 0 Å². The molecule has 0 aromatic rings. The lowest BCUT2D eigenvalue weighted by molar-refractivity contribution is 0.174.